The van der Waals surface area contributed by atoms with Crippen molar-refractivity contribution < 1.29 is 17.9 Å². The van der Waals surface area contributed by atoms with E-state index in [4.69, 9.17) is 4.74 Å². The molecule has 0 fully saturated rings. The Morgan fingerprint density at radius 1 is 1.60 bits per heavy atom. The smallest absolute Gasteiger partial charge is 0.246 e. The van der Waals surface area contributed by atoms with Crippen LogP contribution >= 0.6 is 0 Å². The Bertz CT molecular complexity index is 358. The second-order valence-corrected chi connectivity index (χ2v) is 5.62. The highest BCUT2D eigenvalue weighted by atomic mass is 32.2. The van der Waals surface area contributed by atoms with Gasteiger partial charge in [0.1, 0.15) is 6.61 Å². The zero-order chi connectivity index (χ0) is 11.5. The Labute approximate surface area is 89.4 Å². The standard InChI is InChI=1S/C9H15NO4S/c1-7(2)14-5-9(11)10-8-3-4-15(12,13)6-8/h3-4,7-8H,5-6H2,1-2H3,(H,10,11). The Morgan fingerprint density at radius 3 is 2.73 bits per heavy atom. The van der Waals surface area contributed by atoms with E-state index >= 15 is 0 Å². The predicted octanol–water partition coefficient (Wildman–Crippen LogP) is -0.162. The largest absolute Gasteiger partial charge is 0.369 e. The van der Waals surface area contributed by atoms with Crippen LogP contribution in [0.4, 0.5) is 0 Å². The highest BCUT2D eigenvalue weighted by Gasteiger charge is 2.22. The van der Waals surface area contributed by atoms with E-state index in [9.17, 15) is 13.2 Å². The van der Waals surface area contributed by atoms with E-state index in [0.29, 0.717) is 0 Å². The lowest BCUT2D eigenvalue weighted by atomic mass is 10.3. The molecule has 1 amide bonds. The van der Waals surface area contributed by atoms with E-state index in [2.05, 4.69) is 5.32 Å². The molecule has 86 valence electrons. The summed E-state index contributed by atoms with van der Waals surface area (Å²) >= 11 is 0. The number of amides is 1. The molecule has 0 aliphatic carbocycles. The molecule has 0 aromatic heterocycles. The minimum absolute atomic E-state index is 0.0152. The van der Waals surface area contributed by atoms with Crippen LogP contribution in [0.3, 0.4) is 0 Å². The first-order valence-electron chi connectivity index (χ1n) is 4.71. The van der Waals surface area contributed by atoms with Crippen molar-refractivity contribution in [3.8, 4) is 0 Å². The topological polar surface area (TPSA) is 72.5 Å². The van der Waals surface area contributed by atoms with Crippen molar-refractivity contribution in [3.63, 3.8) is 0 Å². The first kappa shape index (κ1) is 12.2. The van der Waals surface area contributed by atoms with Crippen LogP contribution in [-0.2, 0) is 19.4 Å². The molecule has 1 atom stereocenters. The average Bonchev–Trinajstić information content (AvgIpc) is 2.42. The summed E-state index contributed by atoms with van der Waals surface area (Å²) in [5, 5.41) is 3.69. The molecule has 0 spiro atoms. The van der Waals surface area contributed by atoms with Crippen LogP contribution in [-0.4, -0.2) is 38.8 Å². The van der Waals surface area contributed by atoms with Gasteiger partial charge < -0.3 is 10.1 Å². The van der Waals surface area contributed by atoms with Crippen molar-refractivity contribution >= 4 is 15.7 Å². The number of rotatable bonds is 4. The van der Waals surface area contributed by atoms with Crippen LogP contribution in [0.1, 0.15) is 13.8 Å². The van der Waals surface area contributed by atoms with E-state index in [0.717, 1.165) is 5.41 Å². The molecule has 0 saturated heterocycles. The molecule has 1 rings (SSSR count). The predicted molar refractivity (Wildman–Crippen MR) is 55.9 cm³/mol. The lowest BCUT2D eigenvalue weighted by Crippen LogP contribution is -2.38. The molecule has 0 radical (unpaired) electrons. The highest BCUT2D eigenvalue weighted by Crippen LogP contribution is 2.07. The molecule has 0 saturated carbocycles. The van der Waals surface area contributed by atoms with Gasteiger partial charge >= 0.3 is 0 Å². The minimum Gasteiger partial charge on any atom is -0.369 e. The molecule has 1 N–H and O–H groups in total. The van der Waals surface area contributed by atoms with E-state index in [1.165, 1.54) is 6.08 Å². The van der Waals surface area contributed by atoms with Gasteiger partial charge in [-0.1, -0.05) is 0 Å². The molecule has 15 heavy (non-hydrogen) atoms. The molecule has 1 aliphatic heterocycles. The van der Waals surface area contributed by atoms with Gasteiger partial charge in [-0.05, 0) is 19.9 Å². The maximum absolute atomic E-state index is 11.2. The van der Waals surface area contributed by atoms with Crippen LogP contribution in [0.5, 0.6) is 0 Å². The Hall–Kier alpha value is -0.880. The summed E-state index contributed by atoms with van der Waals surface area (Å²) in [4.78, 5) is 11.2. The van der Waals surface area contributed by atoms with Crippen LogP contribution in [0.15, 0.2) is 11.5 Å². The number of sulfone groups is 1. The maximum atomic E-state index is 11.2. The van der Waals surface area contributed by atoms with Crippen molar-refractivity contribution in [2.75, 3.05) is 12.4 Å². The zero-order valence-corrected chi connectivity index (χ0v) is 9.58. The normalized spacial score (nSPS) is 23.3. The van der Waals surface area contributed by atoms with Gasteiger partial charge in [-0.3, -0.25) is 4.79 Å². The second-order valence-electron chi connectivity index (χ2n) is 3.69. The van der Waals surface area contributed by atoms with Gasteiger partial charge in [0, 0.05) is 5.41 Å². The van der Waals surface area contributed by atoms with E-state index in [1.54, 1.807) is 0 Å². The fourth-order valence-corrected chi connectivity index (χ4v) is 2.39. The molecule has 1 aliphatic rings. The summed E-state index contributed by atoms with van der Waals surface area (Å²) < 4.78 is 27.1. The number of nitrogens with one attached hydrogen (secondary N) is 1. The average molecular weight is 233 g/mol. The highest BCUT2D eigenvalue weighted by molar-refractivity contribution is 7.94. The van der Waals surface area contributed by atoms with Gasteiger partial charge in [0.25, 0.3) is 0 Å². The SMILES string of the molecule is CC(C)OCC(=O)NC1C=CS(=O)(=O)C1. The number of hydrogen-bond donors (Lipinski definition) is 1. The van der Waals surface area contributed by atoms with Gasteiger partial charge in [0.05, 0.1) is 17.9 Å². The number of carbonyl (C=O) groups is 1. The molecule has 0 bridgehead atoms. The lowest BCUT2D eigenvalue weighted by molar-refractivity contribution is -0.127. The van der Waals surface area contributed by atoms with Crippen LogP contribution in [0, 0.1) is 0 Å². The van der Waals surface area contributed by atoms with E-state index < -0.39 is 15.9 Å². The van der Waals surface area contributed by atoms with Crippen LogP contribution < -0.4 is 5.32 Å². The van der Waals surface area contributed by atoms with Crippen molar-refractivity contribution in [2.24, 2.45) is 0 Å². The first-order valence-corrected chi connectivity index (χ1v) is 6.42. The quantitative estimate of drug-likeness (QED) is 0.732. The van der Waals surface area contributed by atoms with Gasteiger partial charge in [0.15, 0.2) is 9.84 Å². The van der Waals surface area contributed by atoms with Gasteiger partial charge in [0.2, 0.25) is 5.91 Å². The van der Waals surface area contributed by atoms with E-state index in [-0.39, 0.29) is 24.4 Å². The lowest BCUT2D eigenvalue weighted by Gasteiger charge is -2.11. The van der Waals surface area contributed by atoms with Crippen molar-refractivity contribution in [1.29, 1.82) is 0 Å². The Balaban J connectivity index is 2.32. The monoisotopic (exact) mass is 233 g/mol. The van der Waals surface area contributed by atoms with Gasteiger partial charge in [-0.2, -0.15) is 0 Å². The van der Waals surface area contributed by atoms with E-state index in [1.807, 2.05) is 13.8 Å². The third kappa shape index (κ3) is 4.44. The Kier molecular flexibility index (Phi) is 3.87. The van der Waals surface area contributed by atoms with Gasteiger partial charge in [-0.15, -0.1) is 0 Å². The molecule has 1 heterocycles. The zero-order valence-electron chi connectivity index (χ0n) is 8.76. The van der Waals surface area contributed by atoms with Crippen molar-refractivity contribution in [2.45, 2.75) is 26.0 Å². The summed E-state index contributed by atoms with van der Waals surface area (Å²) in [5.41, 5.74) is 0. The fraction of sp³-hybridized carbons (Fsp3) is 0.667. The Morgan fingerprint density at radius 2 is 2.27 bits per heavy atom. The van der Waals surface area contributed by atoms with Crippen LogP contribution in [0.2, 0.25) is 0 Å². The maximum Gasteiger partial charge on any atom is 0.246 e. The molecule has 0 aromatic rings. The molecular weight excluding hydrogens is 218 g/mol. The number of ether oxygens (including phenoxy) is 1. The number of carbonyl (C=O) groups excluding carboxylic acids is 1. The first-order chi connectivity index (χ1) is 6.89. The number of hydrogen-bond acceptors (Lipinski definition) is 4. The van der Waals surface area contributed by atoms with Gasteiger partial charge in [-0.25, -0.2) is 8.42 Å². The summed E-state index contributed by atoms with van der Waals surface area (Å²) in [5.74, 6) is -0.351. The third-order valence-electron chi connectivity index (χ3n) is 1.82. The molecule has 0 aromatic carbocycles. The summed E-state index contributed by atoms with van der Waals surface area (Å²) in [6.45, 7) is 3.61. The fourth-order valence-electron chi connectivity index (χ4n) is 1.16. The summed E-state index contributed by atoms with van der Waals surface area (Å²) in [7, 11) is -3.11. The van der Waals surface area contributed by atoms with Crippen molar-refractivity contribution in [3.05, 3.63) is 11.5 Å². The molecule has 5 nitrogen and oxygen atoms in total. The van der Waals surface area contributed by atoms with Crippen molar-refractivity contribution in [1.82, 2.24) is 5.32 Å². The second kappa shape index (κ2) is 4.76. The minimum atomic E-state index is -3.11. The molecule has 1 unspecified atom stereocenters. The third-order valence-corrected chi connectivity index (χ3v) is 3.22. The van der Waals surface area contributed by atoms with Crippen LogP contribution in [0.25, 0.3) is 0 Å². The molecule has 6 heteroatoms. The summed E-state index contributed by atoms with van der Waals surface area (Å²) in [6.07, 6.45) is 1.46. The summed E-state index contributed by atoms with van der Waals surface area (Å²) in [6, 6.07) is -0.418. The molecular formula is C9H15NO4S.